The lowest BCUT2D eigenvalue weighted by atomic mass is 10.1. The van der Waals surface area contributed by atoms with Crippen LogP contribution in [0.3, 0.4) is 0 Å². The molecule has 0 radical (unpaired) electrons. The van der Waals surface area contributed by atoms with Crippen LogP contribution in [0.2, 0.25) is 0 Å². The van der Waals surface area contributed by atoms with E-state index in [4.69, 9.17) is 0 Å². The number of benzene rings is 3. The third-order valence-electron chi connectivity index (χ3n) is 4.74. The Hall–Kier alpha value is -4.44. The predicted molar refractivity (Wildman–Crippen MR) is 131 cm³/mol. The van der Waals surface area contributed by atoms with Gasteiger partial charge < -0.3 is 5.32 Å². The number of anilines is 2. The van der Waals surface area contributed by atoms with Crippen LogP contribution in [0.25, 0.3) is 11.3 Å². The summed E-state index contributed by atoms with van der Waals surface area (Å²) in [5.41, 5.74) is 6.05. The molecule has 1 heterocycles. The summed E-state index contributed by atoms with van der Waals surface area (Å²) >= 11 is 1.18. The molecule has 2 N–H and O–H groups in total. The van der Waals surface area contributed by atoms with Gasteiger partial charge in [-0.1, -0.05) is 53.3 Å². The number of hydrogen-bond donors (Lipinski definition) is 2. The largest absolute Gasteiger partial charge is 0.312 e. The summed E-state index contributed by atoms with van der Waals surface area (Å²) in [4.78, 5) is 27.7. The monoisotopic (exact) mass is 475 g/mol. The van der Waals surface area contributed by atoms with E-state index in [9.17, 15) is 19.3 Å². The normalized spacial score (nSPS) is 10.9. The number of carbonyl (C=O) groups excluding carboxylic acids is 1. The Morgan fingerprint density at radius 3 is 2.56 bits per heavy atom. The van der Waals surface area contributed by atoms with Crippen molar-refractivity contribution < 1.29 is 14.1 Å². The van der Waals surface area contributed by atoms with Crippen LogP contribution in [0.15, 0.2) is 77.9 Å². The minimum Gasteiger partial charge on any atom is -0.312 e. The molecular formula is C24H18FN5O3S. The molecule has 34 heavy (non-hydrogen) atoms. The lowest BCUT2D eigenvalue weighted by Gasteiger charge is -2.06. The minimum absolute atomic E-state index is 0.0364. The topological polar surface area (TPSA) is 110 Å². The number of nitrogens with zero attached hydrogens (tertiary/aromatic N) is 3. The summed E-state index contributed by atoms with van der Waals surface area (Å²) in [5, 5.41) is 18.8. The fourth-order valence-corrected chi connectivity index (χ4v) is 3.85. The maximum Gasteiger partial charge on any atom is 0.270 e. The molecule has 0 aliphatic rings. The number of hydrazone groups is 1. The van der Waals surface area contributed by atoms with Gasteiger partial charge in [-0.25, -0.2) is 9.37 Å². The molecule has 1 aromatic heterocycles. The van der Waals surface area contributed by atoms with E-state index in [0.717, 1.165) is 11.1 Å². The molecule has 0 saturated heterocycles. The van der Waals surface area contributed by atoms with Gasteiger partial charge in [0.15, 0.2) is 0 Å². The van der Waals surface area contributed by atoms with Crippen LogP contribution >= 0.6 is 11.3 Å². The summed E-state index contributed by atoms with van der Waals surface area (Å²) in [6.45, 7) is 1.97. The lowest BCUT2D eigenvalue weighted by Crippen LogP contribution is -2.11. The molecule has 0 atom stereocenters. The minimum atomic E-state index is -0.477. The number of halogens is 1. The number of aryl methyl sites for hydroxylation is 1. The molecule has 0 unspecified atom stereocenters. The molecule has 1 amide bonds. The van der Waals surface area contributed by atoms with Gasteiger partial charge in [-0.3, -0.25) is 20.3 Å². The van der Waals surface area contributed by atoms with Gasteiger partial charge in [0.05, 0.1) is 11.1 Å². The second-order valence-electron chi connectivity index (χ2n) is 7.25. The Morgan fingerprint density at radius 1 is 1.12 bits per heavy atom. The zero-order chi connectivity index (χ0) is 24.1. The highest BCUT2D eigenvalue weighted by atomic mass is 32.1. The van der Waals surface area contributed by atoms with Gasteiger partial charge in [0.25, 0.3) is 11.6 Å². The van der Waals surface area contributed by atoms with E-state index in [1.807, 2.05) is 31.2 Å². The number of nitro groups is 1. The Labute approximate surface area is 198 Å². The zero-order valence-electron chi connectivity index (χ0n) is 17.9. The van der Waals surface area contributed by atoms with Crippen molar-refractivity contribution in [1.82, 2.24) is 4.98 Å². The Kier molecular flexibility index (Phi) is 6.69. The van der Waals surface area contributed by atoms with E-state index in [0.29, 0.717) is 27.0 Å². The summed E-state index contributed by atoms with van der Waals surface area (Å²) in [5.74, 6) is -0.827. The number of carbonyl (C=O) groups is 1. The van der Waals surface area contributed by atoms with Gasteiger partial charge in [0, 0.05) is 28.8 Å². The van der Waals surface area contributed by atoms with Crippen LogP contribution in [-0.4, -0.2) is 22.0 Å². The van der Waals surface area contributed by atoms with Gasteiger partial charge in [-0.15, -0.1) is 0 Å². The molecule has 4 rings (SSSR count). The molecule has 10 heteroatoms. The molecule has 3 aromatic carbocycles. The van der Waals surface area contributed by atoms with E-state index >= 15 is 0 Å². The molecule has 170 valence electrons. The first-order chi connectivity index (χ1) is 16.4. The molecule has 0 aliphatic carbocycles. The maximum atomic E-state index is 13.2. The Bertz CT molecular complexity index is 1370. The molecule has 8 nitrogen and oxygen atoms in total. The molecule has 0 aliphatic heterocycles. The lowest BCUT2D eigenvalue weighted by molar-refractivity contribution is -0.384. The van der Waals surface area contributed by atoms with Crippen molar-refractivity contribution in [2.45, 2.75) is 6.92 Å². The smallest absolute Gasteiger partial charge is 0.270 e. The first kappa shape index (κ1) is 22.7. The summed E-state index contributed by atoms with van der Waals surface area (Å²) < 4.78 is 13.2. The summed E-state index contributed by atoms with van der Waals surface area (Å²) in [7, 11) is 0. The number of nitrogens with one attached hydrogen (secondary N) is 2. The van der Waals surface area contributed by atoms with Gasteiger partial charge in [-0.05, 0) is 31.2 Å². The van der Waals surface area contributed by atoms with Crippen LogP contribution in [0.1, 0.15) is 21.5 Å². The molecule has 0 spiro atoms. The van der Waals surface area contributed by atoms with Crippen LogP contribution in [0, 0.1) is 22.9 Å². The maximum absolute atomic E-state index is 13.2. The fourth-order valence-electron chi connectivity index (χ4n) is 3.02. The molecular weight excluding hydrogens is 457 g/mol. The summed E-state index contributed by atoms with van der Waals surface area (Å²) in [6, 6.07) is 19.0. The van der Waals surface area contributed by atoms with Gasteiger partial charge >= 0.3 is 0 Å². The van der Waals surface area contributed by atoms with Gasteiger partial charge in [-0.2, -0.15) is 5.10 Å². The zero-order valence-corrected chi connectivity index (χ0v) is 18.7. The third kappa shape index (κ3) is 5.48. The number of aromatic nitrogens is 1. The highest BCUT2D eigenvalue weighted by Crippen LogP contribution is 2.36. The van der Waals surface area contributed by atoms with Crippen LogP contribution in [0.5, 0.6) is 0 Å². The van der Waals surface area contributed by atoms with Crippen LogP contribution < -0.4 is 10.7 Å². The van der Waals surface area contributed by atoms with Crippen molar-refractivity contribution in [3.8, 4) is 11.3 Å². The van der Waals surface area contributed by atoms with Crippen molar-refractivity contribution in [2.75, 3.05) is 10.7 Å². The highest BCUT2D eigenvalue weighted by Gasteiger charge is 2.17. The van der Waals surface area contributed by atoms with Crippen molar-refractivity contribution in [2.24, 2.45) is 5.10 Å². The van der Waals surface area contributed by atoms with E-state index < -0.39 is 16.6 Å². The quantitative estimate of drug-likeness (QED) is 0.198. The first-order valence-electron chi connectivity index (χ1n) is 10.1. The van der Waals surface area contributed by atoms with E-state index in [-0.39, 0.29) is 5.69 Å². The summed E-state index contributed by atoms with van der Waals surface area (Å²) in [6.07, 6.45) is 1.44. The second-order valence-corrected chi connectivity index (χ2v) is 8.24. The molecule has 4 aromatic rings. The highest BCUT2D eigenvalue weighted by molar-refractivity contribution is 7.20. The third-order valence-corrected chi connectivity index (χ3v) is 5.62. The number of amides is 1. The van der Waals surface area contributed by atoms with Crippen molar-refractivity contribution in [3.05, 3.63) is 105 Å². The second kappa shape index (κ2) is 10.0. The standard InChI is InChI=1S/C24H18FN5O3S/c1-15-5-7-17(8-6-15)21-23(28-22(31)18-9-11-19(25)12-10-18)34-24(27-21)29-26-14-16-3-2-4-20(13-16)30(32)33/h2-14H,1H3,(H,27,29)(H,28,31). The van der Waals surface area contributed by atoms with E-state index in [1.54, 1.807) is 12.1 Å². The fraction of sp³-hybridized carbons (Fsp3) is 0.0417. The van der Waals surface area contributed by atoms with E-state index in [1.165, 1.54) is 53.9 Å². The van der Waals surface area contributed by atoms with Crippen LogP contribution in [-0.2, 0) is 0 Å². The predicted octanol–water partition coefficient (Wildman–Crippen LogP) is 5.86. The van der Waals surface area contributed by atoms with Crippen molar-refractivity contribution >= 4 is 39.3 Å². The van der Waals surface area contributed by atoms with Gasteiger partial charge in [0.1, 0.15) is 16.5 Å². The number of nitro benzene ring substituents is 1. The number of non-ortho nitro benzene ring substituents is 1. The average Bonchev–Trinajstić information content (AvgIpc) is 3.22. The molecule has 0 bridgehead atoms. The first-order valence-corrected chi connectivity index (χ1v) is 10.9. The average molecular weight is 476 g/mol. The SMILES string of the molecule is Cc1ccc(-c2nc(NN=Cc3cccc([N+](=O)[O-])c3)sc2NC(=O)c2ccc(F)cc2)cc1. The Morgan fingerprint density at radius 2 is 1.85 bits per heavy atom. The van der Waals surface area contributed by atoms with Crippen molar-refractivity contribution in [3.63, 3.8) is 0 Å². The number of rotatable bonds is 7. The number of thiazole rings is 1. The molecule has 0 fully saturated rings. The van der Waals surface area contributed by atoms with Crippen molar-refractivity contribution in [1.29, 1.82) is 0 Å². The van der Waals surface area contributed by atoms with Crippen LogP contribution in [0.4, 0.5) is 20.2 Å². The Balaban J connectivity index is 1.59. The van der Waals surface area contributed by atoms with Gasteiger partial charge in [0.2, 0.25) is 5.13 Å². The molecule has 0 saturated carbocycles. The number of hydrogen-bond acceptors (Lipinski definition) is 7. The van der Waals surface area contributed by atoms with E-state index in [2.05, 4.69) is 20.8 Å².